The van der Waals surface area contributed by atoms with Crippen molar-refractivity contribution in [2.45, 2.75) is 25.4 Å². The minimum atomic E-state index is -1.41. The first-order valence-corrected chi connectivity index (χ1v) is 5.53. The van der Waals surface area contributed by atoms with Gasteiger partial charge in [0.1, 0.15) is 5.82 Å². The van der Waals surface area contributed by atoms with Crippen LogP contribution in [0.5, 0.6) is 0 Å². The molecule has 1 aliphatic heterocycles. The van der Waals surface area contributed by atoms with Crippen molar-refractivity contribution in [1.82, 2.24) is 5.32 Å². The van der Waals surface area contributed by atoms with Crippen molar-refractivity contribution in [3.05, 3.63) is 34.6 Å². The van der Waals surface area contributed by atoms with E-state index in [0.717, 1.165) is 6.07 Å². The molecule has 1 saturated heterocycles. The Balaban J connectivity index is 0.00000162. The molecule has 0 atom stereocenters. The average Bonchev–Trinajstić information content (AvgIpc) is 2.32. The Morgan fingerprint density at radius 1 is 1.17 bits per heavy atom. The first-order chi connectivity index (χ1) is 7.96. The van der Waals surface area contributed by atoms with Crippen molar-refractivity contribution >= 4 is 12.4 Å². The third-order valence-corrected chi connectivity index (χ3v) is 3.31. The molecule has 0 unspecified atom stereocenters. The van der Waals surface area contributed by atoms with Crippen LogP contribution in [-0.2, 0) is 5.60 Å². The van der Waals surface area contributed by atoms with E-state index in [9.17, 15) is 18.3 Å². The maximum absolute atomic E-state index is 13.9. The van der Waals surface area contributed by atoms with Crippen molar-refractivity contribution in [1.29, 1.82) is 0 Å². The maximum Gasteiger partial charge on any atom is 0.164 e. The molecule has 1 aliphatic rings. The van der Waals surface area contributed by atoms with Gasteiger partial charge in [0, 0.05) is 11.1 Å². The molecule has 2 N–H and O–H groups in total. The zero-order valence-electron chi connectivity index (χ0n) is 9.90. The fourth-order valence-electron chi connectivity index (χ4n) is 2.18. The van der Waals surface area contributed by atoms with Gasteiger partial charge in [-0.25, -0.2) is 13.2 Å². The monoisotopic (exact) mass is 281 g/mol. The molecule has 0 bridgehead atoms. The van der Waals surface area contributed by atoms with Gasteiger partial charge in [0.2, 0.25) is 0 Å². The van der Waals surface area contributed by atoms with Crippen molar-refractivity contribution in [3.63, 3.8) is 0 Å². The molecule has 2 nitrogen and oxygen atoms in total. The number of halogens is 4. The van der Waals surface area contributed by atoms with Crippen LogP contribution in [0.1, 0.15) is 24.0 Å². The number of hydrogen-bond acceptors (Lipinski definition) is 2. The van der Waals surface area contributed by atoms with Crippen LogP contribution in [0.15, 0.2) is 6.07 Å². The van der Waals surface area contributed by atoms with E-state index in [1.54, 1.807) is 0 Å². The van der Waals surface area contributed by atoms with Crippen molar-refractivity contribution < 1.29 is 18.3 Å². The molecule has 0 spiro atoms. The number of rotatable bonds is 1. The summed E-state index contributed by atoms with van der Waals surface area (Å²) in [5.74, 6) is -3.16. The predicted octanol–water partition coefficient (Wildman–Crippen LogP) is 2.41. The smallest absolute Gasteiger partial charge is 0.164 e. The van der Waals surface area contributed by atoms with E-state index in [0.29, 0.717) is 13.1 Å². The Bertz CT molecular complexity index is 447. The van der Waals surface area contributed by atoms with E-state index < -0.39 is 23.1 Å². The topological polar surface area (TPSA) is 32.3 Å². The number of benzene rings is 1. The second kappa shape index (κ2) is 5.47. The van der Waals surface area contributed by atoms with Crippen LogP contribution in [0.2, 0.25) is 0 Å². The molecule has 0 aliphatic carbocycles. The molecular formula is C12H15ClF3NO. The molecule has 1 aromatic carbocycles. The third-order valence-electron chi connectivity index (χ3n) is 3.31. The van der Waals surface area contributed by atoms with Gasteiger partial charge < -0.3 is 10.4 Å². The highest BCUT2D eigenvalue weighted by Crippen LogP contribution is 2.34. The zero-order valence-corrected chi connectivity index (χ0v) is 10.7. The van der Waals surface area contributed by atoms with Crippen LogP contribution in [0.25, 0.3) is 0 Å². The Hall–Kier alpha value is -0.780. The summed E-state index contributed by atoms with van der Waals surface area (Å²) >= 11 is 0. The Morgan fingerprint density at radius 2 is 1.72 bits per heavy atom. The first-order valence-electron chi connectivity index (χ1n) is 5.53. The van der Waals surface area contributed by atoms with E-state index in [-0.39, 0.29) is 36.4 Å². The van der Waals surface area contributed by atoms with Gasteiger partial charge in [0.25, 0.3) is 0 Å². The molecule has 0 amide bonds. The van der Waals surface area contributed by atoms with Gasteiger partial charge in [-0.2, -0.15) is 0 Å². The predicted molar refractivity (Wildman–Crippen MR) is 64.3 cm³/mol. The van der Waals surface area contributed by atoms with Crippen LogP contribution in [0.3, 0.4) is 0 Å². The maximum atomic E-state index is 13.9. The quantitative estimate of drug-likeness (QED) is 0.775. The normalized spacial score (nSPS) is 18.3. The molecule has 1 fully saturated rings. The first kappa shape index (κ1) is 15.3. The van der Waals surface area contributed by atoms with E-state index in [4.69, 9.17) is 0 Å². The molecule has 2 rings (SSSR count). The van der Waals surface area contributed by atoms with Gasteiger partial charge in [-0.3, -0.25) is 0 Å². The van der Waals surface area contributed by atoms with Crippen LogP contribution in [0, 0.1) is 24.4 Å². The average molecular weight is 282 g/mol. The van der Waals surface area contributed by atoms with Crippen molar-refractivity contribution in [2.75, 3.05) is 13.1 Å². The van der Waals surface area contributed by atoms with Gasteiger partial charge in [-0.05, 0) is 38.9 Å². The lowest BCUT2D eigenvalue weighted by Crippen LogP contribution is -2.40. The molecule has 6 heteroatoms. The minimum absolute atomic E-state index is 0. The SMILES string of the molecule is Cc1c(F)c(F)cc(C2(O)CCNCC2)c1F.Cl. The highest BCUT2D eigenvalue weighted by atomic mass is 35.5. The molecule has 0 aromatic heterocycles. The fourth-order valence-corrected chi connectivity index (χ4v) is 2.18. The van der Waals surface area contributed by atoms with Crippen molar-refractivity contribution in [2.24, 2.45) is 0 Å². The van der Waals surface area contributed by atoms with Gasteiger partial charge in [-0.1, -0.05) is 0 Å². The lowest BCUT2D eigenvalue weighted by atomic mass is 9.84. The second-order valence-electron chi connectivity index (χ2n) is 4.44. The fraction of sp³-hybridized carbons (Fsp3) is 0.500. The van der Waals surface area contributed by atoms with Gasteiger partial charge in [-0.15, -0.1) is 12.4 Å². The largest absolute Gasteiger partial charge is 0.385 e. The van der Waals surface area contributed by atoms with E-state index in [1.807, 2.05) is 0 Å². The molecule has 1 aromatic rings. The summed E-state index contributed by atoms with van der Waals surface area (Å²) in [6, 6.07) is 0.767. The summed E-state index contributed by atoms with van der Waals surface area (Å²) in [4.78, 5) is 0. The standard InChI is InChI=1S/C12H14F3NO.ClH/c1-7-10(14)8(6-9(13)11(7)15)12(17)2-4-16-5-3-12;/h6,16-17H,2-5H2,1H3;1H. The number of piperidine rings is 1. The van der Waals surface area contributed by atoms with Gasteiger partial charge in [0.05, 0.1) is 5.60 Å². The highest BCUT2D eigenvalue weighted by Gasteiger charge is 2.35. The van der Waals surface area contributed by atoms with Gasteiger partial charge in [0.15, 0.2) is 11.6 Å². The molecule has 0 radical (unpaired) electrons. The number of aliphatic hydroxyl groups is 1. The Labute approximate surface area is 110 Å². The van der Waals surface area contributed by atoms with Crippen molar-refractivity contribution in [3.8, 4) is 0 Å². The highest BCUT2D eigenvalue weighted by molar-refractivity contribution is 5.85. The Morgan fingerprint density at radius 3 is 2.28 bits per heavy atom. The van der Waals surface area contributed by atoms with E-state index in [1.165, 1.54) is 6.92 Å². The van der Waals surface area contributed by atoms with E-state index >= 15 is 0 Å². The summed E-state index contributed by atoms with van der Waals surface area (Å²) < 4.78 is 40.3. The lowest BCUT2D eigenvalue weighted by Gasteiger charge is -2.33. The van der Waals surface area contributed by atoms with E-state index in [2.05, 4.69) is 5.32 Å². The van der Waals surface area contributed by atoms with Crippen LogP contribution in [-0.4, -0.2) is 18.2 Å². The van der Waals surface area contributed by atoms with Crippen LogP contribution >= 0.6 is 12.4 Å². The molecule has 18 heavy (non-hydrogen) atoms. The summed E-state index contributed by atoms with van der Waals surface area (Å²) in [6.07, 6.45) is 0.572. The summed E-state index contributed by atoms with van der Waals surface area (Å²) in [5.41, 5.74) is -1.93. The summed E-state index contributed by atoms with van der Waals surface area (Å²) in [7, 11) is 0. The molecule has 0 saturated carbocycles. The summed E-state index contributed by atoms with van der Waals surface area (Å²) in [5, 5.41) is 13.3. The molecule has 102 valence electrons. The number of hydrogen-bond donors (Lipinski definition) is 2. The molecular weight excluding hydrogens is 267 g/mol. The third kappa shape index (κ3) is 2.48. The lowest BCUT2D eigenvalue weighted by molar-refractivity contribution is 0.00221. The zero-order chi connectivity index (χ0) is 12.6. The summed E-state index contributed by atoms with van der Waals surface area (Å²) in [6.45, 7) is 2.21. The second-order valence-corrected chi connectivity index (χ2v) is 4.44. The molecule has 1 heterocycles. The van der Waals surface area contributed by atoms with Crippen LogP contribution < -0.4 is 5.32 Å². The Kier molecular flexibility index (Phi) is 4.64. The number of nitrogens with one attached hydrogen (secondary N) is 1. The minimum Gasteiger partial charge on any atom is -0.385 e. The van der Waals surface area contributed by atoms with Crippen LogP contribution in [0.4, 0.5) is 13.2 Å². The van der Waals surface area contributed by atoms with Gasteiger partial charge >= 0.3 is 0 Å².